The van der Waals surface area contributed by atoms with E-state index >= 15 is 0 Å². The molecule has 0 fully saturated rings. The fourth-order valence-corrected chi connectivity index (χ4v) is 3.50. The summed E-state index contributed by atoms with van der Waals surface area (Å²) in [6, 6.07) is 21.0. The molecule has 4 N–H and O–H groups in total. The van der Waals surface area contributed by atoms with Crippen molar-refractivity contribution in [2.45, 2.75) is 0 Å². The van der Waals surface area contributed by atoms with Gasteiger partial charge in [0.05, 0.1) is 11.4 Å². The molecular weight excluding hydrogens is 576 g/mol. The van der Waals surface area contributed by atoms with Crippen molar-refractivity contribution in [2.75, 3.05) is 10.6 Å². The average molecular weight is 592 g/mol. The monoisotopic (exact) mass is 590 g/mol. The van der Waals surface area contributed by atoms with Crippen molar-refractivity contribution in [3.05, 3.63) is 92.9 Å². The summed E-state index contributed by atoms with van der Waals surface area (Å²) in [5.41, 5.74) is 2.10. The number of rotatable bonds is 4. The number of thiocarbonyl (C=S) groups is 2. The Morgan fingerprint density at radius 1 is 0.594 bits per heavy atom. The Balaban J connectivity index is 1.61. The lowest BCUT2D eigenvalue weighted by Crippen LogP contribution is -2.36. The van der Waals surface area contributed by atoms with Gasteiger partial charge in [0.15, 0.2) is 10.2 Å². The van der Waals surface area contributed by atoms with E-state index in [4.69, 9.17) is 24.4 Å². The Morgan fingerprint density at radius 2 is 0.938 bits per heavy atom. The van der Waals surface area contributed by atoms with Crippen LogP contribution in [0.5, 0.6) is 0 Å². The molecule has 0 aromatic heterocycles. The maximum Gasteiger partial charge on any atom is 0.257 e. The van der Waals surface area contributed by atoms with Crippen LogP contribution in [0.1, 0.15) is 20.7 Å². The first-order valence-electron chi connectivity index (χ1n) is 9.16. The van der Waals surface area contributed by atoms with Crippen LogP contribution in [0, 0.1) is 0 Å². The number of hydrogen-bond acceptors (Lipinski definition) is 4. The Hall–Kier alpha value is -2.66. The van der Waals surface area contributed by atoms with E-state index in [1.54, 1.807) is 72.8 Å². The fourth-order valence-electron chi connectivity index (χ4n) is 2.56. The molecule has 0 saturated carbocycles. The number of carbonyl (C=O) groups excluding carboxylic acids is 2. The number of para-hydroxylation sites is 2. The molecule has 0 saturated heterocycles. The van der Waals surface area contributed by atoms with Crippen molar-refractivity contribution in [2.24, 2.45) is 0 Å². The third-order valence-electron chi connectivity index (χ3n) is 4.09. The Bertz CT molecular complexity index is 1080. The first-order chi connectivity index (χ1) is 15.3. The fraction of sp³-hybridized carbons (Fsp3) is 0. The molecule has 0 aliphatic rings. The third kappa shape index (κ3) is 6.92. The molecule has 0 atom stereocenters. The van der Waals surface area contributed by atoms with E-state index in [1.807, 2.05) is 0 Å². The molecule has 0 radical (unpaired) electrons. The summed E-state index contributed by atoms with van der Waals surface area (Å²) in [5.74, 6) is -0.671. The average Bonchev–Trinajstić information content (AvgIpc) is 2.76. The molecule has 3 rings (SSSR count). The number of benzene rings is 3. The smallest absolute Gasteiger partial charge is 0.257 e. The number of halogens is 2. The highest BCUT2D eigenvalue weighted by molar-refractivity contribution is 9.10. The number of carbonyl (C=O) groups is 2. The molecule has 0 spiro atoms. The van der Waals surface area contributed by atoms with Gasteiger partial charge in [0.2, 0.25) is 0 Å². The Morgan fingerprint density at radius 3 is 1.28 bits per heavy atom. The van der Waals surface area contributed by atoms with Gasteiger partial charge in [0, 0.05) is 20.1 Å². The van der Waals surface area contributed by atoms with E-state index in [0.717, 1.165) is 8.95 Å². The molecule has 3 aromatic carbocycles. The van der Waals surface area contributed by atoms with Crippen molar-refractivity contribution >= 4 is 89.7 Å². The van der Waals surface area contributed by atoms with Gasteiger partial charge in [-0.15, -0.1) is 0 Å². The van der Waals surface area contributed by atoms with Gasteiger partial charge < -0.3 is 10.6 Å². The van der Waals surface area contributed by atoms with Crippen LogP contribution in [0.4, 0.5) is 11.4 Å². The van der Waals surface area contributed by atoms with Gasteiger partial charge in [-0.25, -0.2) is 0 Å². The van der Waals surface area contributed by atoms with Gasteiger partial charge in [-0.3, -0.25) is 20.2 Å². The van der Waals surface area contributed by atoms with Crippen molar-refractivity contribution < 1.29 is 9.59 Å². The predicted octanol–water partition coefficient (Wildman–Crippen LogP) is 5.47. The normalized spacial score (nSPS) is 10.1. The summed E-state index contributed by atoms with van der Waals surface area (Å²) in [5, 5.41) is 11.5. The van der Waals surface area contributed by atoms with E-state index < -0.39 is 0 Å². The number of nitrogens with one attached hydrogen (secondary N) is 4. The minimum absolute atomic E-state index is 0.122. The zero-order valence-corrected chi connectivity index (χ0v) is 21.1. The number of anilines is 2. The van der Waals surface area contributed by atoms with Gasteiger partial charge in [0.25, 0.3) is 11.8 Å². The molecule has 0 unspecified atom stereocenters. The summed E-state index contributed by atoms with van der Waals surface area (Å²) in [7, 11) is 0. The van der Waals surface area contributed by atoms with Crippen LogP contribution in [-0.4, -0.2) is 22.0 Å². The minimum atomic E-state index is -0.335. The molecule has 0 aliphatic heterocycles. The van der Waals surface area contributed by atoms with Gasteiger partial charge in [0.1, 0.15) is 0 Å². The second-order valence-corrected chi connectivity index (χ2v) is 9.02. The van der Waals surface area contributed by atoms with Crippen LogP contribution in [0.15, 0.2) is 81.7 Å². The van der Waals surface area contributed by atoms with Gasteiger partial charge in [-0.1, -0.05) is 44.0 Å². The van der Waals surface area contributed by atoms with E-state index in [-0.39, 0.29) is 22.0 Å². The summed E-state index contributed by atoms with van der Waals surface area (Å²) >= 11 is 17.2. The van der Waals surface area contributed by atoms with Crippen LogP contribution >= 0.6 is 56.3 Å². The third-order valence-corrected chi connectivity index (χ3v) is 5.56. The highest BCUT2D eigenvalue weighted by Gasteiger charge is 2.12. The van der Waals surface area contributed by atoms with Gasteiger partial charge in [-0.05, 0) is 85.1 Å². The quantitative estimate of drug-likeness (QED) is 0.301. The van der Waals surface area contributed by atoms with E-state index in [9.17, 15) is 9.59 Å². The predicted molar refractivity (Wildman–Crippen MR) is 142 cm³/mol. The van der Waals surface area contributed by atoms with Crippen molar-refractivity contribution in [1.29, 1.82) is 0 Å². The lowest BCUT2D eigenvalue weighted by molar-refractivity contribution is 0.0969. The summed E-state index contributed by atoms with van der Waals surface area (Å²) in [4.78, 5) is 24.7. The standard InChI is InChI=1S/C22H16Br2N4O2S2/c23-15-9-5-13(6-10-15)19(29)27-21(31)25-17-3-1-2-4-18(17)26-22(32)28-20(30)14-7-11-16(24)12-8-14/h1-12H,(H2,25,27,29,31)(H2,26,28,30,32). The van der Waals surface area contributed by atoms with E-state index in [1.165, 1.54) is 0 Å². The van der Waals surface area contributed by atoms with Crippen LogP contribution in [0.3, 0.4) is 0 Å². The molecule has 3 aromatic rings. The van der Waals surface area contributed by atoms with Crippen LogP contribution in [-0.2, 0) is 0 Å². The van der Waals surface area contributed by atoms with Gasteiger partial charge in [-0.2, -0.15) is 0 Å². The topological polar surface area (TPSA) is 82.3 Å². The highest BCUT2D eigenvalue weighted by atomic mass is 79.9. The molecule has 0 bridgehead atoms. The molecule has 6 nitrogen and oxygen atoms in total. The SMILES string of the molecule is O=C(NC(=S)Nc1ccccc1NC(=S)NC(=O)c1ccc(Br)cc1)c1ccc(Br)cc1. The van der Waals surface area contributed by atoms with Crippen LogP contribution in [0.25, 0.3) is 0 Å². The number of amides is 2. The maximum absolute atomic E-state index is 12.4. The second kappa shape index (κ2) is 11.3. The molecule has 10 heteroatoms. The minimum Gasteiger partial charge on any atom is -0.331 e. The van der Waals surface area contributed by atoms with Crippen molar-refractivity contribution in [1.82, 2.24) is 10.6 Å². The van der Waals surface area contributed by atoms with E-state index in [2.05, 4.69) is 53.1 Å². The first kappa shape index (κ1) is 24.0. The Labute approximate surface area is 212 Å². The lowest BCUT2D eigenvalue weighted by atomic mass is 10.2. The van der Waals surface area contributed by atoms with Crippen molar-refractivity contribution in [3.8, 4) is 0 Å². The molecule has 32 heavy (non-hydrogen) atoms. The molecular formula is C22H16Br2N4O2S2. The number of hydrogen-bond donors (Lipinski definition) is 4. The second-order valence-electron chi connectivity index (χ2n) is 6.38. The zero-order chi connectivity index (χ0) is 23.1. The molecule has 162 valence electrons. The zero-order valence-electron chi connectivity index (χ0n) is 16.3. The maximum atomic E-state index is 12.4. The Kier molecular flexibility index (Phi) is 8.46. The van der Waals surface area contributed by atoms with E-state index in [0.29, 0.717) is 22.5 Å². The molecule has 2 amide bonds. The van der Waals surface area contributed by atoms with Crippen LogP contribution in [0.2, 0.25) is 0 Å². The summed E-state index contributed by atoms with van der Waals surface area (Å²) in [6.45, 7) is 0. The summed E-state index contributed by atoms with van der Waals surface area (Å²) in [6.07, 6.45) is 0. The van der Waals surface area contributed by atoms with Crippen molar-refractivity contribution in [3.63, 3.8) is 0 Å². The first-order valence-corrected chi connectivity index (χ1v) is 11.6. The van der Waals surface area contributed by atoms with Crippen LogP contribution < -0.4 is 21.3 Å². The highest BCUT2D eigenvalue weighted by Crippen LogP contribution is 2.21. The largest absolute Gasteiger partial charge is 0.331 e. The lowest BCUT2D eigenvalue weighted by Gasteiger charge is -2.16. The molecule has 0 aliphatic carbocycles. The summed E-state index contributed by atoms with van der Waals surface area (Å²) < 4.78 is 1.75. The molecule has 0 heterocycles. The van der Waals surface area contributed by atoms with Gasteiger partial charge >= 0.3 is 0 Å².